The lowest BCUT2D eigenvalue weighted by Crippen LogP contribution is -2.67. The zero-order valence-electron chi connectivity index (χ0n) is 26.9. The first-order valence-electron chi connectivity index (χ1n) is 14.2. The van der Waals surface area contributed by atoms with Crippen molar-refractivity contribution in [3.63, 3.8) is 0 Å². The number of esters is 8. The molecule has 10 atom stereocenters. The normalized spacial score (nSPS) is 30.0. The molecule has 0 aromatic rings. The average Bonchev–Trinajstić information content (AvgIpc) is 2.91. The van der Waals surface area contributed by atoms with E-state index in [1.165, 1.54) is 0 Å². The molecule has 47 heavy (non-hydrogen) atoms. The van der Waals surface area contributed by atoms with E-state index in [0.29, 0.717) is 0 Å². The Morgan fingerprint density at radius 2 is 0.702 bits per heavy atom. The highest BCUT2D eigenvalue weighted by atomic mass is 16.8. The lowest BCUT2D eigenvalue weighted by Gasteiger charge is -2.48. The molecule has 0 spiro atoms. The number of carbonyl (C=O) groups excluding carboxylic acids is 8. The first-order valence-corrected chi connectivity index (χ1v) is 14.2. The second-order valence-corrected chi connectivity index (χ2v) is 10.3. The molecule has 19 heteroatoms. The van der Waals surface area contributed by atoms with E-state index in [4.69, 9.17) is 52.1 Å². The third-order valence-electron chi connectivity index (χ3n) is 6.17. The molecule has 2 saturated heterocycles. The van der Waals surface area contributed by atoms with Crippen LogP contribution in [0.4, 0.5) is 0 Å². The van der Waals surface area contributed by atoms with E-state index < -0.39 is 122 Å². The predicted molar refractivity (Wildman–Crippen MR) is 145 cm³/mol. The van der Waals surface area contributed by atoms with Crippen molar-refractivity contribution in [1.82, 2.24) is 0 Å². The Labute approximate surface area is 268 Å². The highest BCUT2D eigenvalue weighted by molar-refractivity contribution is 5.70. The Kier molecular flexibility index (Phi) is 14.5. The lowest BCUT2D eigenvalue weighted by molar-refractivity contribution is -0.357. The van der Waals surface area contributed by atoms with Crippen LogP contribution in [0.2, 0.25) is 0 Å². The number of hydrogen-bond acceptors (Lipinski definition) is 19. The molecule has 0 bridgehead atoms. The van der Waals surface area contributed by atoms with E-state index in [9.17, 15) is 38.4 Å². The minimum Gasteiger partial charge on any atom is -0.463 e. The molecule has 0 aliphatic carbocycles. The minimum atomic E-state index is -1.83. The zero-order valence-corrected chi connectivity index (χ0v) is 26.9. The second-order valence-electron chi connectivity index (χ2n) is 10.3. The molecular formula is C28H38O19. The van der Waals surface area contributed by atoms with E-state index >= 15 is 0 Å². The van der Waals surface area contributed by atoms with Crippen molar-refractivity contribution in [2.45, 2.75) is 117 Å². The van der Waals surface area contributed by atoms with Crippen molar-refractivity contribution in [1.29, 1.82) is 0 Å². The van der Waals surface area contributed by atoms with Gasteiger partial charge in [0.1, 0.15) is 31.5 Å². The van der Waals surface area contributed by atoms with Crippen molar-refractivity contribution in [2.24, 2.45) is 0 Å². The number of carbonyl (C=O) groups is 8. The van der Waals surface area contributed by atoms with Crippen molar-refractivity contribution in [3.05, 3.63) is 0 Å². The van der Waals surface area contributed by atoms with Gasteiger partial charge in [0.25, 0.3) is 0 Å². The minimum absolute atomic E-state index is 0.590. The predicted octanol–water partition coefficient (Wildman–Crippen LogP) is -0.831. The molecule has 0 N–H and O–H groups in total. The monoisotopic (exact) mass is 678 g/mol. The fourth-order valence-electron chi connectivity index (χ4n) is 4.73. The molecule has 0 aromatic carbocycles. The van der Waals surface area contributed by atoms with Crippen LogP contribution in [0.3, 0.4) is 0 Å². The van der Waals surface area contributed by atoms with Gasteiger partial charge in [0, 0.05) is 55.4 Å². The molecule has 2 fully saturated rings. The molecule has 264 valence electrons. The van der Waals surface area contributed by atoms with Gasteiger partial charge in [0.15, 0.2) is 30.7 Å². The van der Waals surface area contributed by atoms with E-state index in [1.807, 2.05) is 0 Å². The zero-order chi connectivity index (χ0) is 35.6. The number of rotatable bonds is 12. The fraction of sp³-hybridized carbons (Fsp3) is 0.714. The average molecular weight is 679 g/mol. The van der Waals surface area contributed by atoms with Gasteiger partial charge in [-0.05, 0) is 0 Å². The summed E-state index contributed by atoms with van der Waals surface area (Å²) in [6.07, 6.45) is -16.3. The van der Waals surface area contributed by atoms with Gasteiger partial charge in [-0.2, -0.15) is 0 Å². The van der Waals surface area contributed by atoms with Gasteiger partial charge in [-0.1, -0.05) is 0 Å². The van der Waals surface area contributed by atoms with E-state index in [1.54, 1.807) is 0 Å². The van der Waals surface area contributed by atoms with E-state index in [-0.39, 0.29) is 0 Å². The summed E-state index contributed by atoms with van der Waals surface area (Å²) in [6, 6.07) is 0. The van der Waals surface area contributed by atoms with Gasteiger partial charge < -0.3 is 52.1 Å². The third kappa shape index (κ3) is 12.1. The van der Waals surface area contributed by atoms with Crippen LogP contribution in [0.5, 0.6) is 0 Å². The first kappa shape index (κ1) is 38.8. The SMILES string of the molecule is CC(=O)OCC1O[C@H](O[C@@H]2C(COC(C)=O)O[C@H](OC(C)=O)C(OC(C)=O)C2OC(C)=O)C(OC(C)=O)C(OC(C)=O)[C@@H]1OC(C)=O. The maximum absolute atomic E-state index is 12.3. The summed E-state index contributed by atoms with van der Waals surface area (Å²) < 4.78 is 60.2. The molecular weight excluding hydrogens is 640 g/mol. The fourth-order valence-corrected chi connectivity index (χ4v) is 4.73. The Morgan fingerprint density at radius 1 is 0.383 bits per heavy atom. The summed E-state index contributed by atoms with van der Waals surface area (Å²) >= 11 is 0. The highest BCUT2D eigenvalue weighted by Crippen LogP contribution is 2.35. The van der Waals surface area contributed by atoms with Crippen molar-refractivity contribution < 1.29 is 90.5 Å². The van der Waals surface area contributed by atoms with Crippen LogP contribution in [-0.2, 0) is 90.5 Å². The molecule has 2 aliphatic rings. The van der Waals surface area contributed by atoms with Crippen LogP contribution in [0.25, 0.3) is 0 Å². The Morgan fingerprint density at radius 3 is 1.11 bits per heavy atom. The Balaban J connectivity index is 2.73. The quantitative estimate of drug-likeness (QED) is 0.181. The van der Waals surface area contributed by atoms with Gasteiger partial charge in [0.05, 0.1) is 0 Å². The van der Waals surface area contributed by atoms with Crippen molar-refractivity contribution in [3.8, 4) is 0 Å². The molecule has 0 amide bonds. The molecule has 19 nitrogen and oxygen atoms in total. The van der Waals surface area contributed by atoms with E-state index in [2.05, 4.69) is 0 Å². The van der Waals surface area contributed by atoms with Crippen LogP contribution in [0, 0.1) is 0 Å². The van der Waals surface area contributed by atoms with Crippen LogP contribution >= 0.6 is 0 Å². The molecule has 6 unspecified atom stereocenters. The molecule has 2 rings (SSSR count). The maximum atomic E-state index is 12.3. The summed E-state index contributed by atoms with van der Waals surface area (Å²) in [6.45, 7) is 7.05. The Hall–Kier alpha value is -4.36. The third-order valence-corrected chi connectivity index (χ3v) is 6.17. The van der Waals surface area contributed by atoms with Gasteiger partial charge >= 0.3 is 47.8 Å². The topological polar surface area (TPSA) is 238 Å². The smallest absolute Gasteiger partial charge is 0.305 e. The summed E-state index contributed by atoms with van der Waals surface area (Å²) in [5, 5.41) is 0. The summed E-state index contributed by atoms with van der Waals surface area (Å²) in [4.78, 5) is 96.3. The van der Waals surface area contributed by atoms with Crippen LogP contribution in [-0.4, -0.2) is 122 Å². The summed E-state index contributed by atoms with van der Waals surface area (Å²) in [5.41, 5.74) is 0. The van der Waals surface area contributed by atoms with Gasteiger partial charge in [-0.25, -0.2) is 0 Å². The molecule has 0 saturated carbocycles. The lowest BCUT2D eigenvalue weighted by atomic mass is 9.96. The first-order chi connectivity index (χ1) is 21.9. The number of hydrogen-bond donors (Lipinski definition) is 0. The maximum Gasteiger partial charge on any atom is 0.305 e. The van der Waals surface area contributed by atoms with E-state index in [0.717, 1.165) is 55.4 Å². The Bertz CT molecular complexity index is 1200. The van der Waals surface area contributed by atoms with Crippen molar-refractivity contribution >= 4 is 47.8 Å². The summed E-state index contributed by atoms with van der Waals surface area (Å²) in [7, 11) is 0. The second kappa shape index (κ2) is 17.5. The van der Waals surface area contributed by atoms with Gasteiger partial charge in [-0.15, -0.1) is 0 Å². The van der Waals surface area contributed by atoms with Crippen LogP contribution in [0.1, 0.15) is 55.4 Å². The van der Waals surface area contributed by atoms with Gasteiger partial charge in [-0.3, -0.25) is 38.4 Å². The van der Waals surface area contributed by atoms with Crippen LogP contribution < -0.4 is 0 Å². The van der Waals surface area contributed by atoms with Crippen molar-refractivity contribution in [2.75, 3.05) is 13.2 Å². The number of ether oxygens (including phenoxy) is 11. The highest BCUT2D eigenvalue weighted by Gasteiger charge is 2.58. The van der Waals surface area contributed by atoms with Gasteiger partial charge in [0.2, 0.25) is 12.4 Å². The molecule has 0 aromatic heterocycles. The van der Waals surface area contributed by atoms with Crippen LogP contribution in [0.15, 0.2) is 0 Å². The summed E-state index contributed by atoms with van der Waals surface area (Å²) in [5.74, 6) is -7.02. The molecule has 2 aliphatic heterocycles. The molecule has 0 radical (unpaired) electrons. The molecule has 2 heterocycles. The standard InChI is InChI=1S/C28H38O19/c1-11(29)37-9-19-21(39-13(3)31)23(40-14(4)32)26(43-17(7)35)28(46-19)47-22-20(10-38-12(2)30)45-27(44-18(8)36)25(42-16(6)34)24(22)41-15(5)33/h19-28H,9-10H2,1-8H3/t19?,20?,21-,22-,23?,24?,25?,26?,27+,28-/m1/s1. The largest absolute Gasteiger partial charge is 0.463 e.